The van der Waals surface area contributed by atoms with E-state index in [1.807, 2.05) is 60.7 Å². The summed E-state index contributed by atoms with van der Waals surface area (Å²) in [4.78, 5) is 8.28. The molecule has 0 saturated heterocycles. The van der Waals surface area contributed by atoms with Gasteiger partial charge in [0.1, 0.15) is 11.6 Å². The maximum atomic E-state index is 7.12. The summed E-state index contributed by atoms with van der Waals surface area (Å²) >= 11 is 0. The van der Waals surface area contributed by atoms with Gasteiger partial charge in [0.15, 0.2) is 5.69 Å². The van der Waals surface area contributed by atoms with Crippen LogP contribution < -0.4 is 4.74 Å². The van der Waals surface area contributed by atoms with E-state index < -0.39 is 0 Å². The highest BCUT2D eigenvalue weighted by Gasteiger charge is 2.15. The summed E-state index contributed by atoms with van der Waals surface area (Å²) in [6, 6.07) is 23.5. The SMILES string of the molecule is [C-]#[N+]c1ccc(-c2nc3ccc(OC)cc3n2-c2ccccc2)cc1. The van der Waals surface area contributed by atoms with Gasteiger partial charge in [0, 0.05) is 17.3 Å². The minimum absolute atomic E-state index is 0.618. The van der Waals surface area contributed by atoms with E-state index in [1.54, 1.807) is 7.11 Å². The van der Waals surface area contributed by atoms with Gasteiger partial charge in [0.2, 0.25) is 0 Å². The van der Waals surface area contributed by atoms with Crippen molar-refractivity contribution in [2.24, 2.45) is 0 Å². The van der Waals surface area contributed by atoms with Crippen molar-refractivity contribution in [1.29, 1.82) is 0 Å². The summed E-state index contributed by atoms with van der Waals surface area (Å²) in [5.41, 5.74) is 4.49. The number of benzene rings is 3. The Morgan fingerprint density at radius 3 is 2.40 bits per heavy atom. The number of imidazole rings is 1. The van der Waals surface area contributed by atoms with Gasteiger partial charge < -0.3 is 4.74 Å². The molecule has 4 aromatic rings. The Labute approximate surface area is 145 Å². The minimum atomic E-state index is 0.618. The van der Waals surface area contributed by atoms with Crippen molar-refractivity contribution in [2.45, 2.75) is 0 Å². The van der Waals surface area contributed by atoms with E-state index in [-0.39, 0.29) is 0 Å². The first-order chi connectivity index (χ1) is 12.3. The topological polar surface area (TPSA) is 31.4 Å². The molecule has 3 aromatic carbocycles. The highest BCUT2D eigenvalue weighted by atomic mass is 16.5. The number of rotatable bonds is 3. The molecule has 4 nitrogen and oxygen atoms in total. The first-order valence-electron chi connectivity index (χ1n) is 7.90. The lowest BCUT2D eigenvalue weighted by Crippen LogP contribution is -1.97. The quantitative estimate of drug-likeness (QED) is 0.482. The maximum absolute atomic E-state index is 7.12. The molecule has 4 rings (SSSR count). The van der Waals surface area contributed by atoms with Gasteiger partial charge in [-0.2, -0.15) is 0 Å². The van der Waals surface area contributed by atoms with Crippen molar-refractivity contribution >= 4 is 16.7 Å². The molecule has 0 saturated carbocycles. The second-order valence-corrected chi connectivity index (χ2v) is 5.62. The first kappa shape index (κ1) is 15.0. The van der Waals surface area contributed by atoms with E-state index in [0.29, 0.717) is 5.69 Å². The summed E-state index contributed by atoms with van der Waals surface area (Å²) in [5.74, 6) is 1.63. The van der Waals surface area contributed by atoms with Gasteiger partial charge in [0.25, 0.3) is 0 Å². The molecule has 0 spiro atoms. The largest absolute Gasteiger partial charge is 0.497 e. The second kappa shape index (κ2) is 6.14. The Morgan fingerprint density at radius 1 is 0.960 bits per heavy atom. The molecule has 1 heterocycles. The number of para-hydroxylation sites is 1. The van der Waals surface area contributed by atoms with Gasteiger partial charge in [-0.05, 0) is 24.3 Å². The first-order valence-corrected chi connectivity index (χ1v) is 7.90. The zero-order valence-electron chi connectivity index (χ0n) is 13.7. The van der Waals surface area contributed by atoms with Crippen LogP contribution in [-0.2, 0) is 0 Å². The number of fused-ring (bicyclic) bond motifs is 1. The summed E-state index contributed by atoms with van der Waals surface area (Å²) in [5, 5.41) is 0. The van der Waals surface area contributed by atoms with Gasteiger partial charge in [-0.1, -0.05) is 42.5 Å². The number of hydrogen-bond acceptors (Lipinski definition) is 2. The zero-order chi connectivity index (χ0) is 17.2. The molecule has 0 amide bonds. The Bertz CT molecular complexity index is 1070. The van der Waals surface area contributed by atoms with Crippen LogP contribution in [0, 0.1) is 6.57 Å². The fourth-order valence-corrected chi connectivity index (χ4v) is 2.90. The van der Waals surface area contributed by atoms with Crippen molar-refractivity contribution in [3.63, 3.8) is 0 Å². The summed E-state index contributed by atoms with van der Waals surface area (Å²) < 4.78 is 7.50. The molecule has 25 heavy (non-hydrogen) atoms. The molecule has 4 heteroatoms. The molecular formula is C21H15N3O. The van der Waals surface area contributed by atoms with Crippen LogP contribution in [0.5, 0.6) is 5.75 Å². The van der Waals surface area contributed by atoms with Crippen LogP contribution in [0.15, 0.2) is 72.8 Å². The van der Waals surface area contributed by atoms with E-state index in [4.69, 9.17) is 16.3 Å². The van der Waals surface area contributed by atoms with Crippen LogP contribution in [0.1, 0.15) is 0 Å². The third-order valence-corrected chi connectivity index (χ3v) is 4.13. The highest BCUT2D eigenvalue weighted by molar-refractivity contribution is 5.84. The van der Waals surface area contributed by atoms with Crippen LogP contribution in [0.2, 0.25) is 0 Å². The van der Waals surface area contributed by atoms with E-state index in [0.717, 1.165) is 33.9 Å². The van der Waals surface area contributed by atoms with Crippen molar-refractivity contribution < 1.29 is 4.74 Å². The number of hydrogen-bond donors (Lipinski definition) is 0. The predicted octanol–water partition coefficient (Wildman–Crippen LogP) is 5.25. The van der Waals surface area contributed by atoms with E-state index in [9.17, 15) is 0 Å². The molecule has 1 aromatic heterocycles. The maximum Gasteiger partial charge on any atom is 0.187 e. The van der Waals surface area contributed by atoms with Gasteiger partial charge in [0.05, 0.1) is 24.7 Å². The highest BCUT2D eigenvalue weighted by Crippen LogP contribution is 2.31. The lowest BCUT2D eigenvalue weighted by atomic mass is 10.2. The fourth-order valence-electron chi connectivity index (χ4n) is 2.90. The van der Waals surface area contributed by atoms with Crippen LogP contribution in [0.25, 0.3) is 33.0 Å². The Balaban J connectivity index is 2.01. The van der Waals surface area contributed by atoms with Gasteiger partial charge in [-0.15, -0.1) is 0 Å². The van der Waals surface area contributed by atoms with Crippen molar-refractivity contribution in [1.82, 2.24) is 9.55 Å². The second-order valence-electron chi connectivity index (χ2n) is 5.62. The zero-order valence-corrected chi connectivity index (χ0v) is 13.7. The van der Waals surface area contributed by atoms with Gasteiger partial charge >= 0.3 is 0 Å². The average Bonchev–Trinajstić information content (AvgIpc) is 3.07. The van der Waals surface area contributed by atoms with E-state index in [2.05, 4.69) is 21.5 Å². The minimum Gasteiger partial charge on any atom is -0.497 e. The molecule has 0 bridgehead atoms. The van der Waals surface area contributed by atoms with Crippen LogP contribution >= 0.6 is 0 Å². The van der Waals surface area contributed by atoms with Crippen molar-refractivity contribution in [2.75, 3.05) is 7.11 Å². The molecule has 0 aliphatic rings. The average molecular weight is 325 g/mol. The van der Waals surface area contributed by atoms with Crippen LogP contribution in [0.3, 0.4) is 0 Å². The van der Waals surface area contributed by atoms with Crippen LogP contribution in [-0.4, -0.2) is 16.7 Å². The molecular weight excluding hydrogens is 310 g/mol. The van der Waals surface area contributed by atoms with Crippen LogP contribution in [0.4, 0.5) is 5.69 Å². The third-order valence-electron chi connectivity index (χ3n) is 4.13. The van der Waals surface area contributed by atoms with E-state index >= 15 is 0 Å². The number of nitrogens with zero attached hydrogens (tertiary/aromatic N) is 3. The molecule has 0 atom stereocenters. The molecule has 0 N–H and O–H groups in total. The number of ether oxygens (including phenoxy) is 1. The lowest BCUT2D eigenvalue weighted by molar-refractivity contribution is 0.415. The predicted molar refractivity (Wildman–Crippen MR) is 99.3 cm³/mol. The lowest BCUT2D eigenvalue weighted by Gasteiger charge is -2.10. The standard InChI is InChI=1S/C21H15N3O/c1-22-16-10-8-15(9-11-16)21-23-19-13-12-18(25-2)14-20(19)24(21)17-6-4-3-5-7-17/h3-14H,2H3. The molecule has 0 radical (unpaired) electrons. The molecule has 120 valence electrons. The fraction of sp³-hybridized carbons (Fsp3) is 0.0476. The summed E-state index contributed by atoms with van der Waals surface area (Å²) in [6.45, 7) is 7.12. The monoisotopic (exact) mass is 325 g/mol. The molecule has 0 aliphatic carbocycles. The van der Waals surface area contributed by atoms with Crippen molar-refractivity contribution in [3.05, 3.63) is 84.2 Å². The van der Waals surface area contributed by atoms with Gasteiger partial charge in [-0.3, -0.25) is 4.57 Å². The smallest absolute Gasteiger partial charge is 0.187 e. The summed E-state index contributed by atoms with van der Waals surface area (Å²) in [6.07, 6.45) is 0. The Morgan fingerprint density at radius 2 is 1.72 bits per heavy atom. The third kappa shape index (κ3) is 2.62. The molecule has 0 fully saturated rings. The van der Waals surface area contributed by atoms with Crippen molar-refractivity contribution in [3.8, 4) is 22.8 Å². The Kier molecular flexibility index (Phi) is 3.68. The number of aromatic nitrogens is 2. The van der Waals surface area contributed by atoms with Gasteiger partial charge in [-0.25, -0.2) is 9.83 Å². The Hall–Kier alpha value is -3.58. The van der Waals surface area contributed by atoms with E-state index in [1.165, 1.54) is 0 Å². The summed E-state index contributed by atoms with van der Waals surface area (Å²) in [7, 11) is 1.66. The number of methoxy groups -OCH3 is 1. The molecule has 0 aliphatic heterocycles. The normalized spacial score (nSPS) is 10.6. The molecule has 0 unspecified atom stereocenters.